The van der Waals surface area contributed by atoms with E-state index in [1.54, 1.807) is 20.1 Å². The van der Waals surface area contributed by atoms with Crippen molar-refractivity contribution in [3.05, 3.63) is 47.4 Å². The molecule has 0 saturated heterocycles. The summed E-state index contributed by atoms with van der Waals surface area (Å²) in [6, 6.07) is 9.23. The van der Waals surface area contributed by atoms with Crippen LogP contribution in [0.4, 0.5) is 5.82 Å². The van der Waals surface area contributed by atoms with Gasteiger partial charge in [-0.15, -0.1) is 0 Å². The average Bonchev–Trinajstić information content (AvgIpc) is 2.59. The topological polar surface area (TPSA) is 79.4 Å². The minimum absolute atomic E-state index is 0.225. The predicted octanol–water partition coefficient (Wildman–Crippen LogP) is 1.70. The van der Waals surface area contributed by atoms with Crippen LogP contribution in [0.1, 0.15) is 21.9 Å². The maximum Gasteiger partial charge on any atom is 0.270 e. The van der Waals surface area contributed by atoms with Gasteiger partial charge in [0.25, 0.3) is 5.91 Å². The Bertz CT molecular complexity index is 701. The fraction of sp³-hybridized carbons (Fsp3) is 0.389. The minimum Gasteiger partial charge on any atom is -0.497 e. The van der Waals surface area contributed by atoms with Crippen LogP contribution in [0.25, 0.3) is 0 Å². The van der Waals surface area contributed by atoms with E-state index >= 15 is 0 Å². The summed E-state index contributed by atoms with van der Waals surface area (Å²) in [5.74, 6) is 1.78. The van der Waals surface area contributed by atoms with Crippen LogP contribution < -0.4 is 15.4 Å². The number of rotatable bonds is 8. The number of carbonyl (C=O) groups excluding carboxylic acids is 1. The van der Waals surface area contributed by atoms with E-state index in [2.05, 4.69) is 25.5 Å². The zero-order valence-electron chi connectivity index (χ0n) is 15.2. The number of aryl methyl sites for hydroxylation is 1. The van der Waals surface area contributed by atoms with Gasteiger partial charge in [0.2, 0.25) is 0 Å². The Morgan fingerprint density at radius 2 is 1.92 bits per heavy atom. The highest BCUT2D eigenvalue weighted by Gasteiger charge is 2.10. The van der Waals surface area contributed by atoms with Crippen molar-refractivity contribution in [2.24, 2.45) is 0 Å². The van der Waals surface area contributed by atoms with Crippen LogP contribution in [0.3, 0.4) is 0 Å². The minimum atomic E-state index is -0.225. The van der Waals surface area contributed by atoms with Crippen molar-refractivity contribution in [3.8, 4) is 5.75 Å². The molecule has 134 valence electrons. The fourth-order valence-electron chi connectivity index (χ4n) is 2.20. The third-order valence-electron chi connectivity index (χ3n) is 3.55. The quantitative estimate of drug-likeness (QED) is 0.759. The van der Waals surface area contributed by atoms with Gasteiger partial charge in [0.1, 0.15) is 23.1 Å². The van der Waals surface area contributed by atoms with Crippen LogP contribution in [-0.2, 0) is 6.54 Å². The molecule has 0 unspecified atom stereocenters. The van der Waals surface area contributed by atoms with Crippen LogP contribution in [0.2, 0.25) is 0 Å². The monoisotopic (exact) mass is 343 g/mol. The summed E-state index contributed by atoms with van der Waals surface area (Å²) in [4.78, 5) is 23.0. The van der Waals surface area contributed by atoms with Crippen molar-refractivity contribution in [2.75, 3.05) is 39.6 Å². The number of hydrogen-bond donors (Lipinski definition) is 2. The molecule has 7 heteroatoms. The van der Waals surface area contributed by atoms with Crippen molar-refractivity contribution in [1.29, 1.82) is 0 Å². The van der Waals surface area contributed by atoms with Gasteiger partial charge in [-0.05, 0) is 38.7 Å². The molecule has 0 atom stereocenters. The van der Waals surface area contributed by atoms with Crippen LogP contribution >= 0.6 is 0 Å². The van der Waals surface area contributed by atoms with Crippen LogP contribution in [-0.4, -0.2) is 55.1 Å². The first-order valence-electron chi connectivity index (χ1n) is 8.13. The Kier molecular flexibility index (Phi) is 6.71. The van der Waals surface area contributed by atoms with Gasteiger partial charge < -0.3 is 20.3 Å². The largest absolute Gasteiger partial charge is 0.497 e. The van der Waals surface area contributed by atoms with Gasteiger partial charge in [-0.1, -0.05) is 12.1 Å². The number of nitrogens with one attached hydrogen (secondary N) is 2. The molecule has 0 aliphatic rings. The van der Waals surface area contributed by atoms with Crippen LogP contribution in [0, 0.1) is 6.92 Å². The van der Waals surface area contributed by atoms with E-state index in [4.69, 9.17) is 4.74 Å². The second-order valence-corrected chi connectivity index (χ2v) is 5.95. The van der Waals surface area contributed by atoms with Gasteiger partial charge >= 0.3 is 0 Å². The molecule has 0 spiro atoms. The van der Waals surface area contributed by atoms with Gasteiger partial charge in [-0.25, -0.2) is 9.97 Å². The van der Waals surface area contributed by atoms with Gasteiger partial charge in [-0.3, -0.25) is 4.79 Å². The number of methoxy groups -OCH3 is 1. The van der Waals surface area contributed by atoms with Gasteiger partial charge in [0.05, 0.1) is 7.11 Å². The summed E-state index contributed by atoms with van der Waals surface area (Å²) in [5, 5.41) is 6.09. The first-order chi connectivity index (χ1) is 12.0. The molecule has 1 aromatic carbocycles. The first kappa shape index (κ1) is 18.7. The molecule has 1 heterocycles. The zero-order valence-corrected chi connectivity index (χ0v) is 15.2. The number of nitrogens with zero attached hydrogens (tertiary/aromatic N) is 3. The van der Waals surface area contributed by atoms with Crippen molar-refractivity contribution in [1.82, 2.24) is 20.2 Å². The lowest BCUT2D eigenvalue weighted by molar-refractivity contribution is 0.0945. The Labute approximate surface area is 148 Å². The molecule has 0 aliphatic carbocycles. The third-order valence-corrected chi connectivity index (χ3v) is 3.55. The summed E-state index contributed by atoms with van der Waals surface area (Å²) >= 11 is 0. The number of carbonyl (C=O) groups is 1. The normalized spacial score (nSPS) is 10.6. The fourth-order valence-corrected chi connectivity index (χ4v) is 2.20. The van der Waals surface area contributed by atoms with E-state index in [1.165, 1.54) is 0 Å². The SMILES string of the molecule is COc1ccc(CNC(=O)c2cc(NCCN(C)C)nc(C)n2)cc1. The van der Waals surface area contributed by atoms with Crippen molar-refractivity contribution in [2.45, 2.75) is 13.5 Å². The summed E-state index contributed by atoms with van der Waals surface area (Å²) < 4.78 is 5.12. The molecule has 0 radical (unpaired) electrons. The van der Waals surface area contributed by atoms with Gasteiger partial charge in [0.15, 0.2) is 0 Å². The summed E-state index contributed by atoms with van der Waals surface area (Å²) in [7, 11) is 5.63. The van der Waals surface area contributed by atoms with Crippen LogP contribution in [0.5, 0.6) is 5.75 Å². The molecule has 0 fully saturated rings. The molecule has 0 aliphatic heterocycles. The molecule has 2 N–H and O–H groups in total. The maximum absolute atomic E-state index is 12.4. The molecule has 0 bridgehead atoms. The highest BCUT2D eigenvalue weighted by Crippen LogP contribution is 2.11. The molecule has 2 aromatic rings. The number of hydrogen-bond acceptors (Lipinski definition) is 6. The standard InChI is InChI=1S/C18H25N5O2/c1-13-21-16(11-17(22-13)19-9-10-23(2)3)18(24)20-12-14-5-7-15(25-4)8-6-14/h5-8,11H,9-10,12H2,1-4H3,(H,20,24)(H,19,21,22). The van der Waals surface area contributed by atoms with E-state index < -0.39 is 0 Å². The second-order valence-electron chi connectivity index (χ2n) is 5.95. The number of aromatic nitrogens is 2. The Balaban J connectivity index is 1.96. The van der Waals surface area contributed by atoms with E-state index in [-0.39, 0.29) is 5.91 Å². The Morgan fingerprint density at radius 1 is 1.20 bits per heavy atom. The highest BCUT2D eigenvalue weighted by atomic mass is 16.5. The van der Waals surface area contributed by atoms with Gasteiger partial charge in [0, 0.05) is 25.7 Å². The van der Waals surface area contributed by atoms with Crippen molar-refractivity contribution >= 4 is 11.7 Å². The molecule has 2 rings (SSSR count). The zero-order chi connectivity index (χ0) is 18.2. The van der Waals surface area contributed by atoms with E-state index in [9.17, 15) is 4.79 Å². The third kappa shape index (κ3) is 6.04. The molecule has 7 nitrogen and oxygen atoms in total. The molecule has 1 aromatic heterocycles. The van der Waals surface area contributed by atoms with E-state index in [1.807, 2.05) is 38.4 Å². The lowest BCUT2D eigenvalue weighted by atomic mass is 10.2. The molecular weight excluding hydrogens is 318 g/mol. The highest BCUT2D eigenvalue weighted by molar-refractivity contribution is 5.92. The second kappa shape index (κ2) is 8.98. The number of benzene rings is 1. The average molecular weight is 343 g/mol. The number of anilines is 1. The molecule has 1 amide bonds. The van der Waals surface area contributed by atoms with Crippen molar-refractivity contribution in [3.63, 3.8) is 0 Å². The number of likely N-dealkylation sites (N-methyl/N-ethyl adjacent to an activating group) is 1. The molecule has 0 saturated carbocycles. The number of amides is 1. The first-order valence-corrected chi connectivity index (χ1v) is 8.13. The molecule has 25 heavy (non-hydrogen) atoms. The summed E-state index contributed by atoms with van der Waals surface area (Å²) in [6.07, 6.45) is 0. The lowest BCUT2D eigenvalue weighted by Crippen LogP contribution is -2.25. The van der Waals surface area contributed by atoms with Gasteiger partial charge in [-0.2, -0.15) is 0 Å². The summed E-state index contributed by atoms with van der Waals surface area (Å²) in [6.45, 7) is 3.82. The maximum atomic E-state index is 12.4. The van der Waals surface area contributed by atoms with Crippen molar-refractivity contribution < 1.29 is 9.53 Å². The van der Waals surface area contributed by atoms with E-state index in [0.717, 1.165) is 24.4 Å². The molecular formula is C18H25N5O2. The van der Waals surface area contributed by atoms with Crippen LogP contribution in [0.15, 0.2) is 30.3 Å². The smallest absolute Gasteiger partial charge is 0.270 e. The predicted molar refractivity (Wildman–Crippen MR) is 98.0 cm³/mol. The Hall–Kier alpha value is -2.67. The Morgan fingerprint density at radius 3 is 2.56 bits per heavy atom. The number of ether oxygens (including phenoxy) is 1. The summed E-state index contributed by atoms with van der Waals surface area (Å²) in [5.41, 5.74) is 1.35. The lowest BCUT2D eigenvalue weighted by Gasteiger charge is -2.12. The van der Waals surface area contributed by atoms with E-state index in [0.29, 0.717) is 23.9 Å².